The van der Waals surface area contributed by atoms with Crippen LogP contribution in [-0.2, 0) is 0 Å². The average molecular weight is 545 g/mol. The van der Waals surface area contributed by atoms with Crippen LogP contribution in [0.2, 0.25) is 0 Å². The van der Waals surface area contributed by atoms with E-state index in [1.165, 1.54) is 0 Å². The lowest BCUT2D eigenvalue weighted by Crippen LogP contribution is -2.25. The van der Waals surface area contributed by atoms with Crippen LogP contribution in [-0.4, -0.2) is 24.4 Å². The van der Waals surface area contributed by atoms with E-state index in [-0.39, 0.29) is 47.1 Å². The fourth-order valence-corrected chi connectivity index (χ4v) is 6.33. The maximum Gasteiger partial charge on any atom is 0.200 e. The molecule has 0 bridgehead atoms. The van der Waals surface area contributed by atoms with Crippen LogP contribution < -0.4 is 9.47 Å². The molecule has 2 aliphatic rings. The van der Waals surface area contributed by atoms with E-state index in [9.17, 15) is 13.9 Å². The third kappa shape index (κ3) is 7.59. The van der Waals surface area contributed by atoms with Gasteiger partial charge in [0.25, 0.3) is 0 Å². The summed E-state index contributed by atoms with van der Waals surface area (Å²) in [7, 11) is 0. The fraction of sp³-hybridized carbons (Fsp3) is 0.576. The second-order valence-electron chi connectivity index (χ2n) is 11.4. The highest BCUT2D eigenvalue weighted by atomic mass is 19.2. The molecule has 214 valence electrons. The molecule has 2 fully saturated rings. The summed E-state index contributed by atoms with van der Waals surface area (Å²) < 4.78 is 55.7. The molecule has 2 aromatic rings. The highest BCUT2D eigenvalue weighted by molar-refractivity contribution is 5.34. The quantitative estimate of drug-likeness (QED) is 0.214. The second-order valence-corrected chi connectivity index (χ2v) is 11.4. The molecule has 2 aromatic carbocycles. The fourth-order valence-electron chi connectivity index (χ4n) is 6.33. The van der Waals surface area contributed by atoms with Crippen molar-refractivity contribution < 1.29 is 27.8 Å². The number of benzene rings is 2. The van der Waals surface area contributed by atoms with Gasteiger partial charge >= 0.3 is 0 Å². The van der Waals surface area contributed by atoms with E-state index >= 15 is 4.39 Å². The summed E-state index contributed by atoms with van der Waals surface area (Å²) in [6.07, 6.45) is 10.6. The molecular formula is C33H43F3O3. The SMILES string of the molecule is C=CCCOc1ccc(C2CCC(COc3ccc(C4CCC(C(O)CCC)CC4)c(F)c3F)CC2)cc1F. The summed E-state index contributed by atoms with van der Waals surface area (Å²) in [5.41, 5.74) is 1.40. The Labute approximate surface area is 231 Å². The van der Waals surface area contributed by atoms with Crippen molar-refractivity contribution in [2.75, 3.05) is 13.2 Å². The van der Waals surface area contributed by atoms with E-state index in [1.54, 1.807) is 30.3 Å². The molecule has 0 heterocycles. The molecule has 39 heavy (non-hydrogen) atoms. The molecule has 0 spiro atoms. The Morgan fingerprint density at radius 2 is 1.59 bits per heavy atom. The molecule has 2 saturated carbocycles. The molecule has 1 unspecified atom stereocenters. The smallest absolute Gasteiger partial charge is 0.200 e. The number of hydrogen-bond acceptors (Lipinski definition) is 3. The molecule has 0 aliphatic heterocycles. The predicted octanol–water partition coefficient (Wildman–Crippen LogP) is 8.85. The molecule has 4 rings (SSSR count). The molecule has 0 saturated heterocycles. The van der Waals surface area contributed by atoms with E-state index in [2.05, 4.69) is 13.5 Å². The average Bonchev–Trinajstić information content (AvgIpc) is 2.95. The molecule has 0 radical (unpaired) electrons. The number of ether oxygens (including phenoxy) is 2. The van der Waals surface area contributed by atoms with Crippen LogP contribution in [0.5, 0.6) is 11.5 Å². The van der Waals surface area contributed by atoms with E-state index in [0.29, 0.717) is 25.2 Å². The lowest BCUT2D eigenvalue weighted by Gasteiger charge is -2.32. The molecular weight excluding hydrogens is 501 g/mol. The number of aliphatic hydroxyl groups excluding tert-OH is 1. The van der Waals surface area contributed by atoms with Gasteiger partial charge in [0, 0.05) is 0 Å². The van der Waals surface area contributed by atoms with Crippen molar-refractivity contribution in [2.45, 2.75) is 95.5 Å². The van der Waals surface area contributed by atoms with Gasteiger partial charge in [-0.2, -0.15) is 4.39 Å². The first kappa shape index (κ1) is 29.5. The minimum atomic E-state index is -0.903. The Bertz CT molecular complexity index is 1070. The van der Waals surface area contributed by atoms with Gasteiger partial charge in [0.15, 0.2) is 23.1 Å². The zero-order valence-electron chi connectivity index (χ0n) is 23.1. The third-order valence-corrected chi connectivity index (χ3v) is 8.75. The summed E-state index contributed by atoms with van der Waals surface area (Å²) in [4.78, 5) is 0. The highest BCUT2D eigenvalue weighted by Gasteiger charge is 2.30. The van der Waals surface area contributed by atoms with Gasteiger partial charge in [-0.25, -0.2) is 8.78 Å². The lowest BCUT2D eigenvalue weighted by atomic mass is 9.76. The lowest BCUT2D eigenvalue weighted by molar-refractivity contribution is 0.0727. The van der Waals surface area contributed by atoms with Crippen LogP contribution in [0.25, 0.3) is 0 Å². The molecule has 3 nitrogen and oxygen atoms in total. The van der Waals surface area contributed by atoms with Gasteiger partial charge in [-0.1, -0.05) is 31.6 Å². The van der Waals surface area contributed by atoms with Crippen LogP contribution in [0.4, 0.5) is 13.2 Å². The summed E-state index contributed by atoms with van der Waals surface area (Å²) >= 11 is 0. The van der Waals surface area contributed by atoms with Crippen molar-refractivity contribution in [1.29, 1.82) is 0 Å². The Hall–Kier alpha value is -2.47. The minimum Gasteiger partial charge on any atom is -0.490 e. The standard InChI is InChI=1S/C33H43F3O3/c1-3-5-19-38-30-17-15-26(20-28(30)34)23-9-7-22(8-10-23)21-39-31-18-16-27(32(35)33(31)36)24-11-13-25(14-12-24)29(37)6-4-2/h3,15-18,20,22-25,29,37H,1,4-14,19,21H2,2H3. The molecule has 0 amide bonds. The van der Waals surface area contributed by atoms with Crippen LogP contribution >= 0.6 is 0 Å². The molecule has 2 aliphatic carbocycles. The molecule has 6 heteroatoms. The van der Waals surface area contributed by atoms with Crippen molar-refractivity contribution in [2.24, 2.45) is 11.8 Å². The van der Waals surface area contributed by atoms with Gasteiger partial charge in [0.1, 0.15) is 0 Å². The van der Waals surface area contributed by atoms with Crippen LogP contribution in [0.1, 0.15) is 101 Å². The Morgan fingerprint density at radius 1 is 0.897 bits per heavy atom. The van der Waals surface area contributed by atoms with Gasteiger partial charge in [0.05, 0.1) is 19.3 Å². The van der Waals surface area contributed by atoms with E-state index in [4.69, 9.17) is 9.47 Å². The molecule has 1 atom stereocenters. The zero-order valence-corrected chi connectivity index (χ0v) is 23.1. The second kappa shape index (κ2) is 14.2. The maximum absolute atomic E-state index is 15.0. The summed E-state index contributed by atoms with van der Waals surface area (Å²) in [5.74, 6) is -1.05. The third-order valence-electron chi connectivity index (χ3n) is 8.75. The first-order valence-electron chi connectivity index (χ1n) is 14.7. The van der Waals surface area contributed by atoms with E-state index < -0.39 is 11.6 Å². The molecule has 1 N–H and O–H groups in total. The van der Waals surface area contributed by atoms with Gasteiger partial charge in [-0.05, 0) is 117 Å². The monoisotopic (exact) mass is 544 g/mol. The van der Waals surface area contributed by atoms with E-state index in [1.807, 2.05) is 6.07 Å². The minimum absolute atomic E-state index is 0.0217. The Morgan fingerprint density at radius 3 is 2.26 bits per heavy atom. The summed E-state index contributed by atoms with van der Waals surface area (Å²) in [6.45, 7) is 6.45. The van der Waals surface area contributed by atoms with Gasteiger partial charge in [-0.15, -0.1) is 6.58 Å². The van der Waals surface area contributed by atoms with Crippen LogP contribution in [0.3, 0.4) is 0 Å². The maximum atomic E-state index is 15.0. The van der Waals surface area contributed by atoms with Crippen LogP contribution in [0.15, 0.2) is 43.0 Å². The number of hydrogen-bond donors (Lipinski definition) is 1. The largest absolute Gasteiger partial charge is 0.490 e. The zero-order chi connectivity index (χ0) is 27.8. The van der Waals surface area contributed by atoms with Crippen molar-refractivity contribution in [3.63, 3.8) is 0 Å². The number of rotatable bonds is 12. The Kier molecular flexibility index (Phi) is 10.8. The highest BCUT2D eigenvalue weighted by Crippen LogP contribution is 2.41. The van der Waals surface area contributed by atoms with Crippen molar-refractivity contribution in [3.8, 4) is 11.5 Å². The van der Waals surface area contributed by atoms with E-state index in [0.717, 1.165) is 69.8 Å². The van der Waals surface area contributed by atoms with Gasteiger partial charge in [-0.3, -0.25) is 0 Å². The Balaban J connectivity index is 1.25. The van der Waals surface area contributed by atoms with Crippen molar-refractivity contribution in [1.82, 2.24) is 0 Å². The normalized spacial score (nSPS) is 24.2. The van der Waals surface area contributed by atoms with Crippen molar-refractivity contribution in [3.05, 3.63) is 71.6 Å². The number of halogens is 3. The number of aliphatic hydroxyl groups is 1. The van der Waals surface area contributed by atoms with Gasteiger partial charge < -0.3 is 14.6 Å². The summed E-state index contributed by atoms with van der Waals surface area (Å²) in [5, 5.41) is 10.3. The first-order valence-corrected chi connectivity index (χ1v) is 14.7. The first-order chi connectivity index (χ1) is 18.9. The van der Waals surface area contributed by atoms with Crippen molar-refractivity contribution >= 4 is 0 Å². The summed E-state index contributed by atoms with van der Waals surface area (Å²) in [6, 6.07) is 8.46. The topological polar surface area (TPSA) is 38.7 Å². The van der Waals surface area contributed by atoms with Gasteiger partial charge in [0.2, 0.25) is 5.82 Å². The van der Waals surface area contributed by atoms with Crippen LogP contribution in [0, 0.1) is 29.3 Å². The predicted molar refractivity (Wildman–Crippen MR) is 149 cm³/mol. The molecule has 0 aromatic heterocycles.